The molecular formula is C15H20F2O. The van der Waals surface area contributed by atoms with Crippen LogP contribution in [0.5, 0.6) is 0 Å². The molecule has 0 heterocycles. The Morgan fingerprint density at radius 3 is 2.11 bits per heavy atom. The summed E-state index contributed by atoms with van der Waals surface area (Å²) >= 11 is 0. The number of benzene rings is 1. The van der Waals surface area contributed by atoms with Crippen molar-refractivity contribution >= 4 is 5.78 Å². The highest BCUT2D eigenvalue weighted by Crippen LogP contribution is 2.27. The van der Waals surface area contributed by atoms with Gasteiger partial charge < -0.3 is 0 Å². The van der Waals surface area contributed by atoms with Gasteiger partial charge >= 0.3 is 0 Å². The SMILES string of the molecule is CC(CC(=O)c1cc(F)cc(F)c1)CC(C)(C)C. The number of ketones is 1. The average Bonchev–Trinajstić information content (AvgIpc) is 2.12. The van der Waals surface area contributed by atoms with Crippen LogP contribution in [0.3, 0.4) is 0 Å². The first-order chi connectivity index (χ1) is 8.17. The van der Waals surface area contributed by atoms with Crippen molar-refractivity contribution in [1.82, 2.24) is 0 Å². The summed E-state index contributed by atoms with van der Waals surface area (Å²) in [7, 11) is 0. The Hall–Kier alpha value is -1.25. The standard InChI is InChI=1S/C15H20F2O/c1-10(9-15(2,3)4)5-14(18)11-6-12(16)8-13(17)7-11/h6-8,10H,5,9H2,1-4H3. The highest BCUT2D eigenvalue weighted by atomic mass is 19.1. The van der Waals surface area contributed by atoms with Crippen LogP contribution >= 0.6 is 0 Å². The molecule has 1 nitrogen and oxygen atoms in total. The maximum atomic E-state index is 13.0. The number of carbonyl (C=O) groups excluding carboxylic acids is 1. The molecule has 0 bridgehead atoms. The zero-order valence-corrected chi connectivity index (χ0v) is 11.4. The van der Waals surface area contributed by atoms with E-state index in [4.69, 9.17) is 0 Å². The van der Waals surface area contributed by atoms with Crippen molar-refractivity contribution in [2.24, 2.45) is 11.3 Å². The third-order valence-corrected chi connectivity index (χ3v) is 2.68. The van der Waals surface area contributed by atoms with Gasteiger partial charge in [-0.2, -0.15) is 0 Å². The van der Waals surface area contributed by atoms with Gasteiger partial charge in [-0.15, -0.1) is 0 Å². The van der Waals surface area contributed by atoms with Crippen LogP contribution in [0, 0.1) is 23.0 Å². The predicted octanol–water partition coefficient (Wildman–Crippen LogP) is 4.61. The Morgan fingerprint density at radius 2 is 1.67 bits per heavy atom. The van der Waals surface area contributed by atoms with Crippen LogP contribution in [-0.2, 0) is 0 Å². The smallest absolute Gasteiger partial charge is 0.163 e. The normalized spacial score (nSPS) is 13.4. The molecule has 0 fully saturated rings. The van der Waals surface area contributed by atoms with Crippen molar-refractivity contribution < 1.29 is 13.6 Å². The highest BCUT2D eigenvalue weighted by molar-refractivity contribution is 5.96. The van der Waals surface area contributed by atoms with E-state index >= 15 is 0 Å². The molecule has 0 saturated carbocycles. The Labute approximate surface area is 107 Å². The summed E-state index contributed by atoms with van der Waals surface area (Å²) in [4.78, 5) is 11.9. The summed E-state index contributed by atoms with van der Waals surface area (Å²) in [6.07, 6.45) is 1.22. The molecule has 0 radical (unpaired) electrons. The van der Waals surface area contributed by atoms with Gasteiger partial charge in [0, 0.05) is 18.1 Å². The van der Waals surface area contributed by atoms with Gasteiger partial charge in [0.1, 0.15) is 11.6 Å². The second kappa shape index (κ2) is 5.59. The molecule has 18 heavy (non-hydrogen) atoms. The first-order valence-electron chi connectivity index (χ1n) is 6.17. The molecule has 1 aromatic rings. The van der Waals surface area contributed by atoms with E-state index in [1.807, 2.05) is 6.92 Å². The summed E-state index contributed by atoms with van der Waals surface area (Å²) in [6, 6.07) is 2.96. The van der Waals surface area contributed by atoms with E-state index in [2.05, 4.69) is 20.8 Å². The van der Waals surface area contributed by atoms with Crippen LogP contribution in [0.15, 0.2) is 18.2 Å². The summed E-state index contributed by atoms with van der Waals surface area (Å²) < 4.78 is 26.0. The van der Waals surface area contributed by atoms with E-state index in [0.29, 0.717) is 6.42 Å². The molecule has 1 atom stereocenters. The van der Waals surface area contributed by atoms with Crippen molar-refractivity contribution in [3.05, 3.63) is 35.4 Å². The summed E-state index contributed by atoms with van der Waals surface area (Å²) in [5.41, 5.74) is 0.264. The topological polar surface area (TPSA) is 17.1 Å². The van der Waals surface area contributed by atoms with E-state index in [9.17, 15) is 13.6 Å². The number of carbonyl (C=O) groups is 1. The number of Topliss-reactive ketones (excluding diaryl/α,β-unsaturated/α-hetero) is 1. The number of hydrogen-bond donors (Lipinski definition) is 0. The Balaban J connectivity index is 2.70. The maximum absolute atomic E-state index is 13.0. The van der Waals surface area contributed by atoms with Gasteiger partial charge in [-0.3, -0.25) is 4.79 Å². The first-order valence-corrected chi connectivity index (χ1v) is 6.17. The fourth-order valence-electron chi connectivity index (χ4n) is 2.27. The van der Waals surface area contributed by atoms with Gasteiger partial charge in [0.25, 0.3) is 0 Å². The minimum Gasteiger partial charge on any atom is -0.294 e. The molecule has 1 unspecified atom stereocenters. The van der Waals surface area contributed by atoms with Crippen molar-refractivity contribution in [3.63, 3.8) is 0 Å². The lowest BCUT2D eigenvalue weighted by Gasteiger charge is -2.22. The fraction of sp³-hybridized carbons (Fsp3) is 0.533. The van der Waals surface area contributed by atoms with Gasteiger partial charge in [-0.25, -0.2) is 8.78 Å². The maximum Gasteiger partial charge on any atom is 0.163 e. The molecule has 100 valence electrons. The minimum absolute atomic E-state index is 0.119. The molecule has 0 aliphatic carbocycles. The Bertz CT molecular complexity index is 412. The zero-order chi connectivity index (χ0) is 13.9. The number of rotatable bonds is 4. The van der Waals surface area contributed by atoms with E-state index in [1.165, 1.54) is 0 Å². The molecule has 0 aromatic heterocycles. The van der Waals surface area contributed by atoms with Crippen molar-refractivity contribution in [3.8, 4) is 0 Å². The molecule has 0 amide bonds. The van der Waals surface area contributed by atoms with Crippen LogP contribution in [0.1, 0.15) is 50.9 Å². The average molecular weight is 254 g/mol. The predicted molar refractivity (Wildman–Crippen MR) is 68.5 cm³/mol. The van der Waals surface area contributed by atoms with Crippen LogP contribution in [0.25, 0.3) is 0 Å². The first kappa shape index (κ1) is 14.8. The molecule has 1 aromatic carbocycles. The highest BCUT2D eigenvalue weighted by Gasteiger charge is 2.19. The monoisotopic (exact) mass is 254 g/mol. The van der Waals surface area contributed by atoms with Crippen molar-refractivity contribution in [1.29, 1.82) is 0 Å². The van der Waals surface area contributed by atoms with E-state index in [-0.39, 0.29) is 22.7 Å². The lowest BCUT2D eigenvalue weighted by molar-refractivity contribution is 0.0953. The lowest BCUT2D eigenvalue weighted by Crippen LogP contribution is -2.14. The second-order valence-electron chi connectivity index (χ2n) is 6.16. The van der Waals surface area contributed by atoms with E-state index < -0.39 is 11.6 Å². The van der Waals surface area contributed by atoms with Crippen LogP contribution in [0.2, 0.25) is 0 Å². The quantitative estimate of drug-likeness (QED) is 0.717. The summed E-state index contributed by atoms with van der Waals surface area (Å²) in [5.74, 6) is -1.42. The van der Waals surface area contributed by atoms with Gasteiger partial charge in [-0.05, 0) is 29.9 Å². The molecule has 1 rings (SSSR count). The molecule has 0 saturated heterocycles. The lowest BCUT2D eigenvalue weighted by atomic mass is 9.83. The third kappa shape index (κ3) is 4.94. The fourth-order valence-corrected chi connectivity index (χ4v) is 2.27. The van der Waals surface area contributed by atoms with Crippen LogP contribution in [-0.4, -0.2) is 5.78 Å². The van der Waals surface area contributed by atoms with Crippen LogP contribution < -0.4 is 0 Å². The van der Waals surface area contributed by atoms with E-state index in [1.54, 1.807) is 0 Å². The molecule has 3 heteroatoms. The Morgan fingerprint density at radius 1 is 1.17 bits per heavy atom. The minimum atomic E-state index is -0.707. The van der Waals surface area contributed by atoms with Crippen molar-refractivity contribution in [2.45, 2.75) is 40.5 Å². The van der Waals surface area contributed by atoms with Crippen LogP contribution in [0.4, 0.5) is 8.78 Å². The third-order valence-electron chi connectivity index (χ3n) is 2.68. The van der Waals surface area contributed by atoms with Gasteiger partial charge in [0.05, 0.1) is 0 Å². The largest absolute Gasteiger partial charge is 0.294 e. The summed E-state index contributed by atoms with van der Waals surface area (Å²) in [6.45, 7) is 8.31. The zero-order valence-electron chi connectivity index (χ0n) is 11.4. The van der Waals surface area contributed by atoms with Crippen molar-refractivity contribution in [2.75, 3.05) is 0 Å². The summed E-state index contributed by atoms with van der Waals surface area (Å²) in [5, 5.41) is 0. The molecule has 0 aliphatic heterocycles. The van der Waals surface area contributed by atoms with Gasteiger partial charge in [-0.1, -0.05) is 27.7 Å². The van der Waals surface area contributed by atoms with Gasteiger partial charge in [0.2, 0.25) is 0 Å². The number of hydrogen-bond acceptors (Lipinski definition) is 1. The second-order valence-corrected chi connectivity index (χ2v) is 6.16. The molecule has 0 spiro atoms. The van der Waals surface area contributed by atoms with Gasteiger partial charge in [0.15, 0.2) is 5.78 Å². The van der Waals surface area contributed by atoms with E-state index in [0.717, 1.165) is 24.6 Å². The molecule has 0 N–H and O–H groups in total. The molecular weight excluding hydrogens is 234 g/mol. The Kier molecular flexibility index (Phi) is 4.60. The molecule has 0 aliphatic rings. The number of halogens is 2.